The van der Waals surface area contributed by atoms with Gasteiger partial charge in [-0.15, -0.1) is 0 Å². The van der Waals surface area contributed by atoms with E-state index in [0.717, 1.165) is 11.1 Å². The van der Waals surface area contributed by atoms with Crippen molar-refractivity contribution < 1.29 is 13.9 Å². The van der Waals surface area contributed by atoms with Crippen LogP contribution in [0.2, 0.25) is 5.02 Å². The Morgan fingerprint density at radius 3 is 2.64 bits per heavy atom. The molecular weight excluding hydrogens is 379 g/mol. The zero-order valence-corrected chi connectivity index (χ0v) is 15.9. The lowest BCUT2D eigenvalue weighted by molar-refractivity contribution is 0.0954. The minimum absolute atomic E-state index is 0.262. The van der Waals surface area contributed by atoms with Crippen LogP contribution in [-0.4, -0.2) is 12.1 Å². The maximum absolute atomic E-state index is 13.0. The number of carbonyl (C=O) groups is 1. The molecule has 0 radical (unpaired) electrons. The Labute approximate surface area is 167 Å². The second-order valence-electron chi connectivity index (χ2n) is 6.11. The van der Waals surface area contributed by atoms with Gasteiger partial charge in [0.2, 0.25) is 0 Å². The average Bonchev–Trinajstić information content (AvgIpc) is 2.69. The van der Waals surface area contributed by atoms with Gasteiger partial charge in [-0.05, 0) is 54.4 Å². The molecule has 0 unspecified atom stereocenters. The summed E-state index contributed by atoms with van der Waals surface area (Å²) in [6, 6.07) is 18.4. The number of carbonyl (C=O) groups excluding carboxylic acids is 1. The molecule has 142 valence electrons. The molecule has 0 atom stereocenters. The quantitative estimate of drug-likeness (QED) is 0.464. The molecule has 0 aliphatic rings. The molecule has 0 saturated carbocycles. The van der Waals surface area contributed by atoms with Crippen molar-refractivity contribution in [3.05, 3.63) is 99.8 Å². The summed E-state index contributed by atoms with van der Waals surface area (Å²) in [7, 11) is 0. The van der Waals surface area contributed by atoms with Crippen molar-refractivity contribution in [1.82, 2.24) is 5.43 Å². The van der Waals surface area contributed by atoms with Gasteiger partial charge in [0.15, 0.2) is 0 Å². The lowest BCUT2D eigenvalue weighted by atomic mass is 10.1. The molecule has 0 fully saturated rings. The van der Waals surface area contributed by atoms with E-state index in [-0.39, 0.29) is 18.3 Å². The molecule has 6 heteroatoms. The highest BCUT2D eigenvalue weighted by Gasteiger charge is 2.07. The van der Waals surface area contributed by atoms with Crippen LogP contribution in [0.1, 0.15) is 27.0 Å². The molecule has 1 amide bonds. The molecule has 0 aliphatic carbocycles. The first-order valence-corrected chi connectivity index (χ1v) is 8.96. The van der Waals surface area contributed by atoms with Crippen molar-refractivity contribution in [2.75, 3.05) is 0 Å². The molecule has 0 heterocycles. The summed E-state index contributed by atoms with van der Waals surface area (Å²) in [5.41, 5.74) is 5.36. The second kappa shape index (κ2) is 9.15. The Hall–Kier alpha value is -3.18. The third kappa shape index (κ3) is 5.18. The summed E-state index contributed by atoms with van der Waals surface area (Å²) >= 11 is 6.06. The van der Waals surface area contributed by atoms with Gasteiger partial charge in [-0.2, -0.15) is 5.10 Å². The van der Waals surface area contributed by atoms with Crippen LogP contribution in [0.25, 0.3) is 0 Å². The van der Waals surface area contributed by atoms with Crippen molar-refractivity contribution in [2.24, 2.45) is 5.10 Å². The van der Waals surface area contributed by atoms with Crippen LogP contribution in [-0.2, 0) is 6.61 Å². The van der Waals surface area contributed by atoms with Crippen LogP contribution in [0, 0.1) is 12.7 Å². The largest absolute Gasteiger partial charge is 0.488 e. The van der Waals surface area contributed by atoms with Gasteiger partial charge in [-0.25, -0.2) is 9.82 Å². The summed E-state index contributed by atoms with van der Waals surface area (Å²) in [5.74, 6) is -0.0553. The minimum Gasteiger partial charge on any atom is -0.488 e. The maximum atomic E-state index is 13.0. The number of hydrazone groups is 1. The van der Waals surface area contributed by atoms with Crippen LogP contribution in [0.5, 0.6) is 5.75 Å². The predicted octanol–water partition coefficient (Wildman–Crippen LogP) is 5.13. The number of hydrogen-bond acceptors (Lipinski definition) is 3. The normalized spacial score (nSPS) is 10.8. The topological polar surface area (TPSA) is 50.7 Å². The number of benzene rings is 3. The molecule has 3 rings (SSSR count). The Kier molecular flexibility index (Phi) is 6.40. The fourth-order valence-electron chi connectivity index (χ4n) is 2.54. The summed E-state index contributed by atoms with van der Waals surface area (Å²) in [4.78, 5) is 12.2. The van der Waals surface area contributed by atoms with Crippen LogP contribution < -0.4 is 10.2 Å². The third-order valence-corrected chi connectivity index (χ3v) is 4.27. The van der Waals surface area contributed by atoms with E-state index in [4.69, 9.17) is 16.3 Å². The predicted molar refractivity (Wildman–Crippen MR) is 108 cm³/mol. The smallest absolute Gasteiger partial charge is 0.271 e. The average molecular weight is 397 g/mol. The van der Waals surface area contributed by atoms with Gasteiger partial charge in [-0.3, -0.25) is 4.79 Å². The summed E-state index contributed by atoms with van der Waals surface area (Å²) < 4.78 is 18.8. The van der Waals surface area contributed by atoms with Crippen molar-refractivity contribution >= 4 is 23.7 Å². The van der Waals surface area contributed by atoms with Gasteiger partial charge in [0, 0.05) is 16.1 Å². The van der Waals surface area contributed by atoms with Crippen LogP contribution in [0.15, 0.2) is 71.8 Å². The molecule has 4 nitrogen and oxygen atoms in total. The van der Waals surface area contributed by atoms with E-state index in [9.17, 15) is 9.18 Å². The number of amides is 1. The van der Waals surface area contributed by atoms with E-state index in [0.29, 0.717) is 21.9 Å². The first-order valence-electron chi connectivity index (χ1n) is 8.59. The van der Waals surface area contributed by atoms with E-state index >= 15 is 0 Å². The highest BCUT2D eigenvalue weighted by atomic mass is 35.5. The molecule has 0 bridgehead atoms. The second-order valence-corrected chi connectivity index (χ2v) is 6.55. The molecule has 28 heavy (non-hydrogen) atoms. The van der Waals surface area contributed by atoms with Gasteiger partial charge >= 0.3 is 0 Å². The van der Waals surface area contributed by atoms with Crippen LogP contribution in [0.4, 0.5) is 4.39 Å². The van der Waals surface area contributed by atoms with E-state index in [1.165, 1.54) is 18.3 Å². The lowest BCUT2D eigenvalue weighted by Gasteiger charge is -2.10. The highest BCUT2D eigenvalue weighted by Crippen LogP contribution is 2.22. The summed E-state index contributed by atoms with van der Waals surface area (Å²) in [5, 5.41) is 4.53. The highest BCUT2D eigenvalue weighted by molar-refractivity contribution is 6.30. The summed E-state index contributed by atoms with van der Waals surface area (Å²) in [6.07, 6.45) is 1.47. The fraction of sp³-hybridized carbons (Fsp3) is 0.0909. The molecule has 3 aromatic rings. The van der Waals surface area contributed by atoms with Gasteiger partial charge in [-0.1, -0.05) is 41.9 Å². The molecule has 0 spiro atoms. The SMILES string of the molecule is Cc1ccccc1C(=O)N/N=C\c1cc(Cl)ccc1OCc1ccc(F)cc1. The lowest BCUT2D eigenvalue weighted by Crippen LogP contribution is -2.18. The summed E-state index contributed by atoms with van der Waals surface area (Å²) in [6.45, 7) is 2.12. The van der Waals surface area contributed by atoms with E-state index in [1.54, 1.807) is 42.5 Å². The van der Waals surface area contributed by atoms with E-state index in [1.807, 2.05) is 19.1 Å². The fourth-order valence-corrected chi connectivity index (χ4v) is 2.72. The Morgan fingerprint density at radius 1 is 1.14 bits per heavy atom. The monoisotopic (exact) mass is 396 g/mol. The number of hydrogen-bond donors (Lipinski definition) is 1. The number of nitrogens with zero attached hydrogens (tertiary/aromatic N) is 1. The maximum Gasteiger partial charge on any atom is 0.271 e. The Morgan fingerprint density at radius 2 is 1.89 bits per heavy atom. The number of rotatable bonds is 6. The zero-order chi connectivity index (χ0) is 19.9. The minimum atomic E-state index is -0.301. The van der Waals surface area contributed by atoms with E-state index in [2.05, 4.69) is 10.5 Å². The Balaban J connectivity index is 1.69. The molecule has 0 saturated heterocycles. The van der Waals surface area contributed by atoms with Crippen LogP contribution >= 0.6 is 11.6 Å². The molecular formula is C22H18ClFN2O2. The molecule has 3 aromatic carbocycles. The van der Waals surface area contributed by atoms with Gasteiger partial charge in [0.05, 0.1) is 6.21 Å². The van der Waals surface area contributed by atoms with Crippen molar-refractivity contribution in [1.29, 1.82) is 0 Å². The number of nitrogens with one attached hydrogen (secondary N) is 1. The molecule has 1 N–H and O–H groups in total. The van der Waals surface area contributed by atoms with Gasteiger partial charge < -0.3 is 4.74 Å². The first-order chi connectivity index (χ1) is 13.5. The number of halogens is 2. The van der Waals surface area contributed by atoms with Crippen molar-refractivity contribution in [3.63, 3.8) is 0 Å². The number of aryl methyl sites for hydroxylation is 1. The van der Waals surface area contributed by atoms with Gasteiger partial charge in [0.25, 0.3) is 5.91 Å². The van der Waals surface area contributed by atoms with Crippen molar-refractivity contribution in [3.8, 4) is 5.75 Å². The Bertz CT molecular complexity index is 1000. The van der Waals surface area contributed by atoms with Gasteiger partial charge in [0.1, 0.15) is 18.2 Å². The van der Waals surface area contributed by atoms with Crippen molar-refractivity contribution in [2.45, 2.75) is 13.5 Å². The molecule has 0 aromatic heterocycles. The zero-order valence-electron chi connectivity index (χ0n) is 15.2. The van der Waals surface area contributed by atoms with Crippen LogP contribution in [0.3, 0.4) is 0 Å². The standard InChI is InChI=1S/C22H18ClFN2O2/c1-15-4-2-3-5-20(15)22(27)26-25-13-17-12-18(23)8-11-21(17)28-14-16-6-9-19(24)10-7-16/h2-13H,14H2,1H3,(H,26,27)/b25-13-. The third-order valence-electron chi connectivity index (χ3n) is 4.04. The number of ether oxygens (including phenoxy) is 1. The first kappa shape index (κ1) is 19.6. The molecule has 0 aliphatic heterocycles. The van der Waals surface area contributed by atoms with E-state index < -0.39 is 0 Å².